The first-order valence-electron chi connectivity index (χ1n) is 12.1. The average molecular weight is 562 g/mol. The van der Waals surface area contributed by atoms with Crippen LogP contribution in [-0.4, -0.2) is 47.6 Å². The Morgan fingerprint density at radius 3 is 2.52 bits per heavy atom. The Balaban J connectivity index is 0.00000259. The molecule has 6 nitrogen and oxygen atoms in total. The van der Waals surface area contributed by atoms with Gasteiger partial charge in [0.05, 0.1) is 6.61 Å². The topological polar surface area (TPSA) is 61.8 Å². The van der Waals surface area contributed by atoms with Crippen LogP contribution in [-0.2, 0) is 13.1 Å². The Kier molecular flexibility index (Phi) is 8.46. The highest BCUT2D eigenvalue weighted by atomic mass is 127. The molecule has 33 heavy (non-hydrogen) atoms. The fraction of sp³-hybridized carbons (Fsp3) is 0.538. The summed E-state index contributed by atoms with van der Waals surface area (Å²) in [4.78, 5) is 11.5. The van der Waals surface area contributed by atoms with Gasteiger partial charge in [-0.15, -0.1) is 24.0 Å². The van der Waals surface area contributed by atoms with Crippen molar-refractivity contribution in [3.63, 3.8) is 0 Å². The minimum atomic E-state index is 0. The van der Waals surface area contributed by atoms with Crippen molar-refractivity contribution in [3.05, 3.63) is 59.8 Å². The molecule has 0 amide bonds. The second-order valence-corrected chi connectivity index (χ2v) is 9.54. The van der Waals surface area contributed by atoms with Gasteiger partial charge >= 0.3 is 0 Å². The Bertz CT molecular complexity index is 906. The van der Waals surface area contributed by atoms with E-state index in [-0.39, 0.29) is 24.0 Å². The summed E-state index contributed by atoms with van der Waals surface area (Å²) in [5.74, 6) is 2.33. The number of hydrogen-bond donors (Lipinski definition) is 2. The molecule has 7 heteroatoms. The van der Waals surface area contributed by atoms with Gasteiger partial charge in [0.15, 0.2) is 5.96 Å². The summed E-state index contributed by atoms with van der Waals surface area (Å²) >= 11 is 0. The number of aromatic nitrogens is 1. The van der Waals surface area contributed by atoms with Gasteiger partial charge in [-0.05, 0) is 61.6 Å². The molecule has 2 aromatic rings. The third kappa shape index (κ3) is 6.59. The predicted octanol–water partition coefficient (Wildman–Crippen LogP) is 4.35. The number of rotatable bonds is 8. The minimum Gasteiger partial charge on any atom is -0.477 e. The normalized spacial score (nSPS) is 24.8. The number of guanidine groups is 1. The first-order valence-corrected chi connectivity index (χ1v) is 12.1. The summed E-state index contributed by atoms with van der Waals surface area (Å²) in [7, 11) is 1.85. The Labute approximate surface area is 214 Å². The van der Waals surface area contributed by atoms with Gasteiger partial charge in [-0.2, -0.15) is 0 Å². The molecule has 0 radical (unpaired) electrons. The quantitative estimate of drug-likeness (QED) is 0.285. The van der Waals surface area contributed by atoms with Crippen molar-refractivity contribution in [1.82, 2.24) is 20.5 Å². The lowest BCUT2D eigenvalue weighted by Gasteiger charge is -2.39. The molecule has 1 aliphatic carbocycles. The van der Waals surface area contributed by atoms with Crippen molar-refractivity contribution in [1.29, 1.82) is 0 Å². The zero-order valence-electron chi connectivity index (χ0n) is 19.5. The monoisotopic (exact) mass is 561 g/mol. The molecular formula is C26H36IN5O. The predicted molar refractivity (Wildman–Crippen MR) is 143 cm³/mol. The van der Waals surface area contributed by atoms with Crippen LogP contribution in [0.2, 0.25) is 0 Å². The van der Waals surface area contributed by atoms with Crippen LogP contribution in [0.5, 0.6) is 5.88 Å². The lowest BCUT2D eigenvalue weighted by atomic mass is 9.96. The standard InChI is InChI=1S/C26H35N5O.HI/c1-27-26(29-16-21-11-12-28-25(13-21)32-18-20-7-8-20)30-22-14-23-9-10-24(15-22)31(23)17-19-5-3-2-4-6-19;/h2-6,11-13,20,22-24H,7-10,14-18H2,1H3,(H2,27,29,30);1H. The van der Waals surface area contributed by atoms with Gasteiger partial charge in [-0.1, -0.05) is 30.3 Å². The van der Waals surface area contributed by atoms with E-state index in [1.807, 2.05) is 25.4 Å². The maximum absolute atomic E-state index is 5.82. The van der Waals surface area contributed by atoms with E-state index in [0.717, 1.165) is 36.5 Å². The van der Waals surface area contributed by atoms with Crippen LogP contribution in [0, 0.1) is 5.92 Å². The molecule has 0 spiro atoms. The Hall–Kier alpha value is -1.87. The Morgan fingerprint density at radius 2 is 1.82 bits per heavy atom. The molecule has 2 aliphatic heterocycles. The van der Waals surface area contributed by atoms with Gasteiger partial charge < -0.3 is 15.4 Å². The number of nitrogens with one attached hydrogen (secondary N) is 2. The van der Waals surface area contributed by atoms with Crippen molar-refractivity contribution in [2.75, 3.05) is 13.7 Å². The fourth-order valence-corrected chi connectivity index (χ4v) is 5.15. The van der Waals surface area contributed by atoms with E-state index in [1.165, 1.54) is 44.1 Å². The molecule has 2 N–H and O–H groups in total. The molecule has 1 saturated carbocycles. The number of benzene rings is 1. The number of hydrogen-bond acceptors (Lipinski definition) is 4. The number of piperidine rings is 1. The smallest absolute Gasteiger partial charge is 0.213 e. The van der Waals surface area contributed by atoms with Crippen molar-refractivity contribution < 1.29 is 4.74 Å². The molecule has 3 aliphatic rings. The zero-order valence-corrected chi connectivity index (χ0v) is 21.8. The van der Waals surface area contributed by atoms with Crippen LogP contribution < -0.4 is 15.4 Å². The van der Waals surface area contributed by atoms with Crippen LogP contribution in [0.4, 0.5) is 0 Å². The third-order valence-corrected chi connectivity index (χ3v) is 7.08. The molecule has 2 saturated heterocycles. The van der Waals surface area contributed by atoms with Crippen molar-refractivity contribution in [3.8, 4) is 5.88 Å². The van der Waals surface area contributed by atoms with E-state index in [2.05, 4.69) is 55.8 Å². The molecule has 1 aromatic heterocycles. The number of halogens is 1. The summed E-state index contributed by atoms with van der Waals surface area (Å²) < 4.78 is 5.82. The van der Waals surface area contributed by atoms with Gasteiger partial charge in [-0.3, -0.25) is 9.89 Å². The molecule has 1 aromatic carbocycles. The fourth-order valence-electron chi connectivity index (χ4n) is 5.15. The van der Waals surface area contributed by atoms with Crippen LogP contribution in [0.15, 0.2) is 53.7 Å². The van der Waals surface area contributed by atoms with E-state index in [1.54, 1.807) is 0 Å². The highest BCUT2D eigenvalue weighted by molar-refractivity contribution is 14.0. The summed E-state index contributed by atoms with van der Waals surface area (Å²) in [5, 5.41) is 7.17. The van der Waals surface area contributed by atoms with E-state index in [0.29, 0.717) is 24.7 Å². The highest BCUT2D eigenvalue weighted by Crippen LogP contribution is 2.36. The number of ether oxygens (including phenoxy) is 1. The lowest BCUT2D eigenvalue weighted by molar-refractivity contribution is 0.114. The minimum absolute atomic E-state index is 0. The van der Waals surface area contributed by atoms with E-state index >= 15 is 0 Å². The second kappa shape index (κ2) is 11.5. The molecule has 2 atom stereocenters. The van der Waals surface area contributed by atoms with Gasteiger partial charge in [0, 0.05) is 50.5 Å². The largest absolute Gasteiger partial charge is 0.477 e. The molecule has 5 rings (SSSR count). The summed E-state index contributed by atoms with van der Waals surface area (Å²) in [6, 6.07) is 16.7. The molecule has 2 unspecified atom stereocenters. The van der Waals surface area contributed by atoms with Gasteiger partial charge in [0.2, 0.25) is 5.88 Å². The average Bonchev–Trinajstić information content (AvgIpc) is 3.62. The van der Waals surface area contributed by atoms with E-state index < -0.39 is 0 Å². The number of pyridine rings is 1. The molecule has 178 valence electrons. The van der Waals surface area contributed by atoms with E-state index in [9.17, 15) is 0 Å². The summed E-state index contributed by atoms with van der Waals surface area (Å²) in [6.07, 6.45) is 9.38. The molecular weight excluding hydrogens is 525 g/mol. The molecule has 2 bridgehead atoms. The van der Waals surface area contributed by atoms with Gasteiger partial charge in [0.25, 0.3) is 0 Å². The van der Waals surface area contributed by atoms with Crippen molar-refractivity contribution in [2.45, 2.75) is 69.7 Å². The summed E-state index contributed by atoms with van der Waals surface area (Å²) in [6.45, 7) is 2.57. The van der Waals surface area contributed by atoms with Crippen LogP contribution in [0.25, 0.3) is 0 Å². The van der Waals surface area contributed by atoms with Crippen molar-refractivity contribution >= 4 is 29.9 Å². The molecule has 3 heterocycles. The third-order valence-electron chi connectivity index (χ3n) is 7.08. The van der Waals surface area contributed by atoms with Crippen LogP contribution in [0.1, 0.15) is 49.7 Å². The number of nitrogens with zero attached hydrogens (tertiary/aromatic N) is 3. The van der Waals surface area contributed by atoms with E-state index in [4.69, 9.17) is 4.74 Å². The first-order chi connectivity index (χ1) is 15.8. The lowest BCUT2D eigenvalue weighted by Crippen LogP contribution is -2.52. The first kappa shape index (κ1) is 24.3. The van der Waals surface area contributed by atoms with Crippen LogP contribution >= 0.6 is 24.0 Å². The maximum atomic E-state index is 5.82. The Morgan fingerprint density at radius 1 is 1.06 bits per heavy atom. The maximum Gasteiger partial charge on any atom is 0.213 e. The SMILES string of the molecule is CN=C(NCc1ccnc(OCC2CC2)c1)NC1CC2CCC(C1)N2Cc1ccccc1.I. The number of aliphatic imine (C=N–C) groups is 1. The highest BCUT2D eigenvalue weighted by Gasteiger charge is 2.40. The van der Waals surface area contributed by atoms with Crippen LogP contribution in [0.3, 0.4) is 0 Å². The van der Waals surface area contributed by atoms with Gasteiger partial charge in [0.1, 0.15) is 0 Å². The van der Waals surface area contributed by atoms with Crippen molar-refractivity contribution in [2.24, 2.45) is 10.9 Å². The summed E-state index contributed by atoms with van der Waals surface area (Å²) in [5.41, 5.74) is 2.58. The number of fused-ring (bicyclic) bond motifs is 2. The second-order valence-electron chi connectivity index (χ2n) is 9.54. The van der Waals surface area contributed by atoms with Gasteiger partial charge in [-0.25, -0.2) is 4.98 Å². The molecule has 3 fully saturated rings. The zero-order chi connectivity index (χ0) is 21.8.